The van der Waals surface area contributed by atoms with Gasteiger partial charge in [0.1, 0.15) is 17.5 Å². The molecule has 47 heavy (non-hydrogen) atoms. The van der Waals surface area contributed by atoms with E-state index in [0.717, 1.165) is 30.4 Å². The number of piperidine rings is 1. The normalized spacial score (nSPS) is 21.2. The summed E-state index contributed by atoms with van der Waals surface area (Å²) in [5.41, 5.74) is 1.09. The molecular weight excluding hydrogens is 601 g/mol. The van der Waals surface area contributed by atoms with E-state index in [1.807, 2.05) is 32.9 Å². The first kappa shape index (κ1) is 32.6. The fourth-order valence-corrected chi connectivity index (χ4v) is 6.68. The number of hydrogen-bond donors (Lipinski definition) is 1. The van der Waals surface area contributed by atoms with Gasteiger partial charge < -0.3 is 24.4 Å². The number of aromatic nitrogens is 3. The van der Waals surface area contributed by atoms with E-state index in [4.69, 9.17) is 14.2 Å². The number of pyridine rings is 1. The Morgan fingerprint density at radius 2 is 1.85 bits per heavy atom. The van der Waals surface area contributed by atoms with Crippen molar-refractivity contribution in [1.82, 2.24) is 19.9 Å². The number of esters is 1. The SMILES string of the molecule is COC(=O)C1(N2CCC(Oc3cccc(Nc4cc(-c5cnc(N6CC(OC(C)(C)C)CC6CC#N)nc5)ccn4)c3F)CC2)CC1. The number of nitrogens with zero attached hydrogens (tertiary/aromatic N) is 6. The standard InChI is InChI=1S/C35H42FN7O4/c1-34(2,3)47-27-19-25(8-14-37)43(22-27)33-39-20-24(21-40-33)23-9-15-38-30(18-23)41-28-6-5-7-29(31(28)36)46-26-10-16-42(17-11-26)35(12-13-35)32(44)45-4/h5-7,9,15,18,20-21,25-27H,8,10-13,16-17,19,22H2,1-4H3,(H,38,41). The third kappa shape index (κ3) is 7.31. The third-order valence-electron chi connectivity index (χ3n) is 9.07. The van der Waals surface area contributed by atoms with Gasteiger partial charge >= 0.3 is 5.97 Å². The first-order chi connectivity index (χ1) is 22.6. The number of halogens is 1. The lowest BCUT2D eigenvalue weighted by Gasteiger charge is -2.36. The number of carbonyl (C=O) groups excluding carboxylic acids is 1. The van der Waals surface area contributed by atoms with Gasteiger partial charge in [0.05, 0.1) is 37.0 Å². The molecule has 6 rings (SSSR count). The van der Waals surface area contributed by atoms with Crippen LogP contribution in [0.4, 0.5) is 21.8 Å². The number of rotatable bonds is 10. The van der Waals surface area contributed by atoms with Crippen LogP contribution in [0.2, 0.25) is 0 Å². The molecule has 2 atom stereocenters. The zero-order valence-electron chi connectivity index (χ0n) is 27.4. The van der Waals surface area contributed by atoms with Crippen LogP contribution in [-0.4, -0.2) is 82.0 Å². The summed E-state index contributed by atoms with van der Waals surface area (Å²) in [6, 6.07) is 11.0. The molecular formula is C35H42FN7O4. The fourth-order valence-electron chi connectivity index (χ4n) is 6.68. The summed E-state index contributed by atoms with van der Waals surface area (Å²) in [6.45, 7) is 8.11. The van der Waals surface area contributed by atoms with Gasteiger partial charge in [-0.1, -0.05) is 6.07 Å². The van der Waals surface area contributed by atoms with Crippen LogP contribution in [0.15, 0.2) is 48.9 Å². The first-order valence-electron chi connectivity index (χ1n) is 16.2. The molecule has 1 aliphatic carbocycles. The van der Waals surface area contributed by atoms with Crippen LogP contribution in [0.1, 0.15) is 59.3 Å². The average molecular weight is 644 g/mol. The number of nitrogens with one attached hydrogen (secondary N) is 1. The van der Waals surface area contributed by atoms with Crippen LogP contribution in [0.3, 0.4) is 0 Å². The van der Waals surface area contributed by atoms with Gasteiger partial charge in [0.15, 0.2) is 11.6 Å². The summed E-state index contributed by atoms with van der Waals surface area (Å²) in [6.07, 6.45) is 9.13. The summed E-state index contributed by atoms with van der Waals surface area (Å²) in [5, 5.41) is 12.5. The molecule has 3 fully saturated rings. The molecule has 0 bridgehead atoms. The molecule has 2 aliphatic heterocycles. The molecule has 1 N–H and O–H groups in total. The smallest absolute Gasteiger partial charge is 0.326 e. The fraction of sp³-hybridized carbons (Fsp3) is 0.514. The highest BCUT2D eigenvalue weighted by Crippen LogP contribution is 2.44. The quantitative estimate of drug-likeness (QED) is 0.276. The second kappa shape index (κ2) is 13.4. The molecule has 4 heterocycles. The number of benzene rings is 1. The Balaban J connectivity index is 1.09. The maximum Gasteiger partial charge on any atom is 0.326 e. The van der Waals surface area contributed by atoms with E-state index >= 15 is 4.39 Å². The first-order valence-corrected chi connectivity index (χ1v) is 16.2. The van der Waals surface area contributed by atoms with Gasteiger partial charge in [0.25, 0.3) is 0 Å². The summed E-state index contributed by atoms with van der Waals surface area (Å²) in [4.78, 5) is 30.2. The molecule has 2 unspecified atom stereocenters. The maximum absolute atomic E-state index is 15.6. The van der Waals surface area contributed by atoms with E-state index in [1.165, 1.54) is 7.11 Å². The number of nitriles is 1. The van der Waals surface area contributed by atoms with Crippen LogP contribution >= 0.6 is 0 Å². The number of anilines is 3. The molecule has 3 aromatic rings. The Morgan fingerprint density at radius 3 is 2.51 bits per heavy atom. The number of methoxy groups -OCH3 is 1. The molecule has 1 saturated carbocycles. The van der Waals surface area contributed by atoms with Crippen LogP contribution in [0, 0.1) is 17.1 Å². The summed E-state index contributed by atoms with van der Waals surface area (Å²) >= 11 is 0. The lowest BCUT2D eigenvalue weighted by Crippen LogP contribution is -2.49. The molecule has 248 valence electrons. The van der Waals surface area contributed by atoms with Gasteiger partial charge in [-0.3, -0.25) is 9.69 Å². The van der Waals surface area contributed by atoms with E-state index in [9.17, 15) is 10.1 Å². The highest BCUT2D eigenvalue weighted by Gasteiger charge is 2.56. The summed E-state index contributed by atoms with van der Waals surface area (Å²) in [5.74, 6) is 0.533. The van der Waals surface area contributed by atoms with Crippen LogP contribution < -0.4 is 15.0 Å². The molecule has 3 aliphatic rings. The Labute approximate surface area is 275 Å². The Hall–Kier alpha value is -4.34. The lowest BCUT2D eigenvalue weighted by molar-refractivity contribution is -0.149. The zero-order valence-corrected chi connectivity index (χ0v) is 27.4. The molecule has 11 nitrogen and oxygen atoms in total. The topological polar surface area (TPSA) is 126 Å². The third-order valence-corrected chi connectivity index (χ3v) is 9.07. The van der Waals surface area contributed by atoms with Crippen LogP contribution in [0.25, 0.3) is 11.1 Å². The second-order valence-corrected chi connectivity index (χ2v) is 13.5. The van der Waals surface area contributed by atoms with Gasteiger partial charge in [-0.2, -0.15) is 5.26 Å². The number of ether oxygens (including phenoxy) is 3. The number of carbonyl (C=O) groups is 1. The molecule has 2 saturated heterocycles. The minimum absolute atomic E-state index is 0.00400. The molecule has 2 aromatic heterocycles. The highest BCUT2D eigenvalue weighted by atomic mass is 19.1. The van der Waals surface area contributed by atoms with E-state index < -0.39 is 11.4 Å². The van der Waals surface area contributed by atoms with Gasteiger partial charge in [-0.05, 0) is 82.7 Å². The minimum atomic E-state index is -0.491. The highest BCUT2D eigenvalue weighted by molar-refractivity contribution is 5.84. The zero-order chi connectivity index (χ0) is 33.2. The van der Waals surface area contributed by atoms with Crippen molar-refractivity contribution in [1.29, 1.82) is 5.26 Å². The van der Waals surface area contributed by atoms with E-state index in [-0.39, 0.29) is 41.3 Å². The van der Waals surface area contributed by atoms with Crippen molar-refractivity contribution in [3.8, 4) is 22.9 Å². The molecule has 0 radical (unpaired) electrons. The van der Waals surface area contributed by atoms with Gasteiger partial charge in [0, 0.05) is 49.8 Å². The largest absolute Gasteiger partial charge is 0.487 e. The van der Waals surface area contributed by atoms with Crippen LogP contribution in [-0.2, 0) is 14.3 Å². The minimum Gasteiger partial charge on any atom is -0.487 e. The second-order valence-electron chi connectivity index (χ2n) is 13.5. The van der Waals surface area contributed by atoms with Crippen molar-refractivity contribution >= 4 is 23.4 Å². The Bertz CT molecular complexity index is 1610. The van der Waals surface area contributed by atoms with E-state index in [2.05, 4.69) is 36.1 Å². The van der Waals surface area contributed by atoms with Crippen molar-refractivity contribution < 1.29 is 23.4 Å². The molecule has 0 amide bonds. The average Bonchev–Trinajstić information content (AvgIpc) is 3.78. The molecule has 0 spiro atoms. The molecule has 1 aromatic carbocycles. The van der Waals surface area contributed by atoms with Gasteiger partial charge in [0.2, 0.25) is 5.95 Å². The van der Waals surface area contributed by atoms with Crippen molar-refractivity contribution in [2.45, 2.75) is 88.7 Å². The molecule has 12 heteroatoms. The van der Waals surface area contributed by atoms with E-state index in [1.54, 1.807) is 36.8 Å². The van der Waals surface area contributed by atoms with Crippen LogP contribution in [0.5, 0.6) is 5.75 Å². The van der Waals surface area contributed by atoms with Gasteiger partial charge in [-0.25, -0.2) is 19.3 Å². The lowest BCUT2D eigenvalue weighted by atomic mass is 10.0. The summed E-state index contributed by atoms with van der Waals surface area (Å²) < 4.78 is 32.9. The van der Waals surface area contributed by atoms with E-state index in [0.29, 0.717) is 50.7 Å². The van der Waals surface area contributed by atoms with Crippen molar-refractivity contribution in [2.24, 2.45) is 0 Å². The Kier molecular flexibility index (Phi) is 9.30. The van der Waals surface area contributed by atoms with Crippen molar-refractivity contribution in [2.75, 3.05) is 37.0 Å². The van der Waals surface area contributed by atoms with Gasteiger partial charge in [-0.15, -0.1) is 0 Å². The maximum atomic E-state index is 15.6. The Morgan fingerprint density at radius 1 is 1.11 bits per heavy atom. The van der Waals surface area contributed by atoms with Crippen molar-refractivity contribution in [3.63, 3.8) is 0 Å². The number of hydrogen-bond acceptors (Lipinski definition) is 11. The predicted molar refractivity (Wildman–Crippen MR) is 175 cm³/mol. The summed E-state index contributed by atoms with van der Waals surface area (Å²) in [7, 11) is 1.43. The number of likely N-dealkylation sites (tertiary alicyclic amines) is 1. The van der Waals surface area contributed by atoms with Crippen molar-refractivity contribution in [3.05, 3.63) is 54.7 Å². The predicted octanol–water partition coefficient (Wildman–Crippen LogP) is 5.65. The monoisotopic (exact) mass is 643 g/mol.